The molecule has 4 nitrogen and oxygen atoms in total. The van der Waals surface area contributed by atoms with Crippen LogP contribution in [0.3, 0.4) is 0 Å². The Morgan fingerprint density at radius 1 is 1.41 bits per heavy atom. The average molecular weight is 233 g/mol. The van der Waals surface area contributed by atoms with Gasteiger partial charge in [0, 0.05) is 12.2 Å². The number of carbonyl (C=O) groups is 2. The molecule has 90 valence electrons. The van der Waals surface area contributed by atoms with Gasteiger partial charge < -0.3 is 9.64 Å². The predicted octanol–water partition coefficient (Wildman–Crippen LogP) is 1.60. The van der Waals surface area contributed by atoms with E-state index in [4.69, 9.17) is 4.74 Å². The van der Waals surface area contributed by atoms with Gasteiger partial charge in [-0.1, -0.05) is 18.2 Å². The van der Waals surface area contributed by atoms with Gasteiger partial charge in [-0.2, -0.15) is 0 Å². The van der Waals surface area contributed by atoms with E-state index in [1.807, 2.05) is 30.3 Å². The van der Waals surface area contributed by atoms with Crippen molar-refractivity contribution in [1.82, 2.24) is 0 Å². The molecule has 1 atom stereocenters. The number of ether oxygens (including phenoxy) is 1. The quantitative estimate of drug-likeness (QED) is 0.588. The zero-order valence-corrected chi connectivity index (χ0v) is 9.76. The number of para-hydroxylation sites is 1. The highest BCUT2D eigenvalue weighted by molar-refractivity contribution is 6.08. The number of nitrogens with zero attached hydrogens (tertiary/aromatic N) is 1. The number of carbonyl (C=O) groups excluding carboxylic acids is 2. The lowest BCUT2D eigenvalue weighted by atomic mass is 10.1. The second-order valence-electron chi connectivity index (χ2n) is 3.92. The second-order valence-corrected chi connectivity index (χ2v) is 3.92. The number of hydrogen-bond donors (Lipinski definition) is 0. The normalized spacial score (nSPS) is 19.5. The van der Waals surface area contributed by atoms with Crippen LogP contribution in [0.1, 0.15) is 13.3 Å². The zero-order valence-electron chi connectivity index (χ0n) is 9.76. The molecule has 0 unspecified atom stereocenters. The maximum atomic E-state index is 12.0. The largest absolute Gasteiger partial charge is 0.465 e. The maximum Gasteiger partial charge on any atom is 0.318 e. The van der Waals surface area contributed by atoms with Gasteiger partial charge in [-0.3, -0.25) is 9.59 Å². The van der Waals surface area contributed by atoms with Crippen LogP contribution in [0.25, 0.3) is 0 Å². The van der Waals surface area contributed by atoms with Gasteiger partial charge >= 0.3 is 5.97 Å². The van der Waals surface area contributed by atoms with Crippen LogP contribution in [-0.4, -0.2) is 25.0 Å². The van der Waals surface area contributed by atoms with Crippen molar-refractivity contribution in [2.24, 2.45) is 5.92 Å². The third kappa shape index (κ3) is 2.30. The van der Waals surface area contributed by atoms with E-state index in [1.54, 1.807) is 11.8 Å². The molecule has 0 aliphatic carbocycles. The molecule has 2 rings (SSSR count). The first-order chi connectivity index (χ1) is 8.24. The van der Waals surface area contributed by atoms with Crippen LogP contribution in [0.4, 0.5) is 5.69 Å². The lowest BCUT2D eigenvalue weighted by Gasteiger charge is -2.16. The summed E-state index contributed by atoms with van der Waals surface area (Å²) in [6, 6.07) is 9.38. The molecule has 0 N–H and O–H groups in total. The summed E-state index contributed by atoms with van der Waals surface area (Å²) in [7, 11) is 0. The van der Waals surface area contributed by atoms with Gasteiger partial charge in [0.25, 0.3) is 0 Å². The van der Waals surface area contributed by atoms with Gasteiger partial charge in [-0.05, 0) is 25.5 Å². The molecule has 0 saturated carbocycles. The van der Waals surface area contributed by atoms with Crippen LogP contribution in [0.2, 0.25) is 0 Å². The Balaban J connectivity index is 2.10. The minimum Gasteiger partial charge on any atom is -0.465 e. The molecule has 1 aromatic rings. The first-order valence-electron chi connectivity index (χ1n) is 5.77. The number of hydrogen-bond acceptors (Lipinski definition) is 3. The zero-order chi connectivity index (χ0) is 12.3. The molecule has 1 aliphatic rings. The number of esters is 1. The summed E-state index contributed by atoms with van der Waals surface area (Å²) in [6.45, 7) is 2.63. The van der Waals surface area contributed by atoms with Crippen LogP contribution in [0.15, 0.2) is 30.3 Å². The van der Waals surface area contributed by atoms with E-state index in [0.29, 0.717) is 19.6 Å². The van der Waals surface area contributed by atoms with Gasteiger partial charge in [0.05, 0.1) is 6.61 Å². The van der Waals surface area contributed by atoms with Crippen LogP contribution in [-0.2, 0) is 14.3 Å². The molecule has 1 aliphatic heterocycles. The van der Waals surface area contributed by atoms with Crippen molar-refractivity contribution in [2.75, 3.05) is 18.1 Å². The Morgan fingerprint density at radius 3 is 2.76 bits per heavy atom. The third-order valence-corrected chi connectivity index (χ3v) is 2.84. The van der Waals surface area contributed by atoms with Gasteiger partial charge in [0.2, 0.25) is 5.91 Å². The summed E-state index contributed by atoms with van der Waals surface area (Å²) in [5.74, 6) is -1.19. The van der Waals surface area contributed by atoms with Crippen molar-refractivity contribution in [2.45, 2.75) is 13.3 Å². The molecule has 1 saturated heterocycles. The lowest BCUT2D eigenvalue weighted by Crippen LogP contribution is -2.31. The smallest absolute Gasteiger partial charge is 0.318 e. The Labute approximate surface area is 100 Å². The Bertz CT molecular complexity index is 416. The van der Waals surface area contributed by atoms with Crippen LogP contribution in [0.5, 0.6) is 0 Å². The average Bonchev–Trinajstić information content (AvgIpc) is 2.72. The Kier molecular flexibility index (Phi) is 3.42. The minimum atomic E-state index is -0.629. The van der Waals surface area contributed by atoms with Crippen molar-refractivity contribution in [3.63, 3.8) is 0 Å². The third-order valence-electron chi connectivity index (χ3n) is 2.84. The maximum absolute atomic E-state index is 12.0. The van der Waals surface area contributed by atoms with Crippen LogP contribution in [0, 0.1) is 5.92 Å². The molecule has 1 aromatic carbocycles. The van der Waals surface area contributed by atoms with E-state index >= 15 is 0 Å². The van der Waals surface area contributed by atoms with E-state index < -0.39 is 11.9 Å². The van der Waals surface area contributed by atoms with E-state index in [9.17, 15) is 9.59 Å². The standard InChI is InChI=1S/C13H15NO3/c1-2-17-13(16)11-8-9-14(12(11)15)10-6-4-3-5-7-10/h3-7,11H,2,8-9H2,1H3/t11-/m1/s1. The number of anilines is 1. The van der Waals surface area contributed by atoms with Gasteiger partial charge in [-0.15, -0.1) is 0 Å². The van der Waals surface area contributed by atoms with Crippen molar-refractivity contribution >= 4 is 17.6 Å². The fourth-order valence-corrected chi connectivity index (χ4v) is 2.01. The highest BCUT2D eigenvalue weighted by Crippen LogP contribution is 2.25. The minimum absolute atomic E-state index is 0.158. The molecule has 1 heterocycles. The predicted molar refractivity (Wildman–Crippen MR) is 63.5 cm³/mol. The van der Waals surface area contributed by atoms with Gasteiger partial charge in [-0.25, -0.2) is 0 Å². The molecular formula is C13H15NO3. The summed E-state index contributed by atoms with van der Waals surface area (Å²) in [4.78, 5) is 25.3. The Morgan fingerprint density at radius 2 is 2.12 bits per heavy atom. The molecule has 0 bridgehead atoms. The molecule has 1 fully saturated rings. The fourth-order valence-electron chi connectivity index (χ4n) is 2.01. The van der Waals surface area contributed by atoms with Gasteiger partial charge in [0.1, 0.15) is 5.92 Å². The second kappa shape index (κ2) is 4.99. The molecule has 0 spiro atoms. The lowest BCUT2D eigenvalue weighted by molar-refractivity contribution is -0.150. The first kappa shape index (κ1) is 11.6. The summed E-state index contributed by atoms with van der Waals surface area (Å²) in [6.07, 6.45) is 0.534. The van der Waals surface area contributed by atoms with Crippen LogP contribution < -0.4 is 4.90 Å². The summed E-state index contributed by atoms with van der Waals surface area (Å²) >= 11 is 0. The monoisotopic (exact) mass is 233 g/mol. The highest BCUT2D eigenvalue weighted by atomic mass is 16.5. The van der Waals surface area contributed by atoms with Crippen molar-refractivity contribution in [3.8, 4) is 0 Å². The topological polar surface area (TPSA) is 46.6 Å². The molecule has 4 heteroatoms. The molecule has 1 amide bonds. The van der Waals surface area contributed by atoms with E-state index in [1.165, 1.54) is 0 Å². The van der Waals surface area contributed by atoms with E-state index in [0.717, 1.165) is 5.69 Å². The van der Waals surface area contributed by atoms with E-state index in [2.05, 4.69) is 0 Å². The van der Waals surface area contributed by atoms with E-state index in [-0.39, 0.29) is 5.91 Å². The summed E-state index contributed by atoms with van der Waals surface area (Å²) < 4.78 is 4.89. The first-order valence-corrected chi connectivity index (χ1v) is 5.77. The van der Waals surface area contributed by atoms with Gasteiger partial charge in [0.15, 0.2) is 0 Å². The van der Waals surface area contributed by atoms with Crippen molar-refractivity contribution in [3.05, 3.63) is 30.3 Å². The van der Waals surface area contributed by atoms with Crippen LogP contribution >= 0.6 is 0 Å². The Hall–Kier alpha value is -1.84. The molecule has 0 radical (unpaired) electrons. The number of rotatable bonds is 3. The molecule has 17 heavy (non-hydrogen) atoms. The fraction of sp³-hybridized carbons (Fsp3) is 0.385. The number of benzene rings is 1. The highest BCUT2D eigenvalue weighted by Gasteiger charge is 2.38. The summed E-state index contributed by atoms with van der Waals surface area (Å²) in [5.41, 5.74) is 0.837. The number of amides is 1. The van der Waals surface area contributed by atoms with Crippen molar-refractivity contribution in [1.29, 1.82) is 0 Å². The van der Waals surface area contributed by atoms with Crippen molar-refractivity contribution < 1.29 is 14.3 Å². The molecule has 0 aromatic heterocycles. The SMILES string of the molecule is CCOC(=O)[C@@H]1CCN(c2ccccc2)C1=O. The summed E-state index contributed by atoms with van der Waals surface area (Å²) in [5, 5.41) is 0. The molecular weight excluding hydrogens is 218 g/mol.